The molecule has 7 nitrogen and oxygen atoms in total. The van der Waals surface area contributed by atoms with E-state index in [1.54, 1.807) is 26.0 Å². The van der Waals surface area contributed by atoms with Gasteiger partial charge in [0.2, 0.25) is 0 Å². The summed E-state index contributed by atoms with van der Waals surface area (Å²) in [6.07, 6.45) is 0. The number of likely N-dealkylation sites (N-methyl/N-ethyl adjacent to an activating group) is 1. The summed E-state index contributed by atoms with van der Waals surface area (Å²) in [6.45, 7) is 6.10. The van der Waals surface area contributed by atoms with Crippen molar-refractivity contribution in [2.45, 2.75) is 32.9 Å². The Kier molecular flexibility index (Phi) is 5.66. The van der Waals surface area contributed by atoms with E-state index in [0.717, 1.165) is 5.56 Å². The zero-order valence-electron chi connectivity index (χ0n) is 12.5. The Hall–Kier alpha value is -2.15. The number of nitrogens with one attached hydrogen (secondary N) is 1. The van der Waals surface area contributed by atoms with Gasteiger partial charge in [0.15, 0.2) is 0 Å². The fraction of sp³-hybridized carbons (Fsp3) is 0.500. The number of rotatable bonds is 6. The molecule has 1 aromatic carbocycles. The highest BCUT2D eigenvalue weighted by Gasteiger charge is 2.20. The van der Waals surface area contributed by atoms with Crippen LogP contribution in [0.15, 0.2) is 24.3 Å². The van der Waals surface area contributed by atoms with Crippen LogP contribution in [0.1, 0.15) is 26.3 Å². The molecule has 0 heterocycles. The topological polar surface area (TPSA) is 95.7 Å². The lowest BCUT2D eigenvalue weighted by molar-refractivity contribution is -0.384. The molecule has 0 spiro atoms. The molecule has 0 saturated heterocycles. The van der Waals surface area contributed by atoms with Gasteiger partial charge in [0, 0.05) is 25.2 Å². The molecule has 0 unspecified atom stereocenters. The summed E-state index contributed by atoms with van der Waals surface area (Å²) in [5.74, 6) is 0. The van der Waals surface area contributed by atoms with Gasteiger partial charge >= 0.3 is 6.03 Å². The molecule has 0 aliphatic heterocycles. The average molecular weight is 295 g/mol. The summed E-state index contributed by atoms with van der Waals surface area (Å²) in [5, 5.41) is 23.0. The molecule has 0 aliphatic carbocycles. The molecule has 2 amide bonds. The Morgan fingerprint density at radius 3 is 2.38 bits per heavy atom. The SMILES string of the molecule is CCN(CC(C)(C)O)C(=O)NCc1ccc([N+](=O)[O-])cc1. The number of nitro benzene ring substituents is 1. The minimum Gasteiger partial charge on any atom is -0.389 e. The monoisotopic (exact) mass is 295 g/mol. The summed E-state index contributed by atoms with van der Waals surface area (Å²) in [5.41, 5.74) is -0.170. The van der Waals surface area contributed by atoms with Gasteiger partial charge in [-0.15, -0.1) is 0 Å². The van der Waals surface area contributed by atoms with Crippen LogP contribution in [-0.2, 0) is 6.54 Å². The Labute approximate surface area is 123 Å². The van der Waals surface area contributed by atoms with Crippen molar-refractivity contribution in [1.82, 2.24) is 10.2 Å². The van der Waals surface area contributed by atoms with Crippen LogP contribution >= 0.6 is 0 Å². The van der Waals surface area contributed by atoms with Gasteiger partial charge in [0.25, 0.3) is 5.69 Å². The van der Waals surface area contributed by atoms with E-state index in [4.69, 9.17) is 0 Å². The zero-order valence-corrected chi connectivity index (χ0v) is 12.5. The highest BCUT2D eigenvalue weighted by Crippen LogP contribution is 2.12. The Balaban J connectivity index is 2.57. The molecule has 0 bridgehead atoms. The van der Waals surface area contributed by atoms with Crippen LogP contribution in [0.3, 0.4) is 0 Å². The first-order chi connectivity index (χ1) is 9.73. The first-order valence-electron chi connectivity index (χ1n) is 6.71. The van der Waals surface area contributed by atoms with E-state index in [2.05, 4.69) is 5.32 Å². The summed E-state index contributed by atoms with van der Waals surface area (Å²) in [7, 11) is 0. The van der Waals surface area contributed by atoms with Crippen LogP contribution in [0.5, 0.6) is 0 Å². The third kappa shape index (κ3) is 5.78. The first-order valence-corrected chi connectivity index (χ1v) is 6.71. The second-order valence-corrected chi connectivity index (χ2v) is 5.41. The summed E-state index contributed by atoms with van der Waals surface area (Å²) in [6, 6.07) is 5.72. The van der Waals surface area contributed by atoms with Crippen molar-refractivity contribution < 1.29 is 14.8 Å². The van der Waals surface area contributed by atoms with Crippen molar-refractivity contribution in [1.29, 1.82) is 0 Å². The lowest BCUT2D eigenvalue weighted by Gasteiger charge is -2.28. The number of carbonyl (C=O) groups excluding carboxylic acids is 1. The number of hydrogen-bond donors (Lipinski definition) is 2. The summed E-state index contributed by atoms with van der Waals surface area (Å²) < 4.78 is 0. The van der Waals surface area contributed by atoms with Crippen molar-refractivity contribution >= 4 is 11.7 Å². The van der Waals surface area contributed by atoms with Crippen LogP contribution in [0.25, 0.3) is 0 Å². The second kappa shape index (κ2) is 7.03. The number of carbonyl (C=O) groups is 1. The molecule has 1 rings (SSSR count). The molecule has 7 heteroatoms. The maximum Gasteiger partial charge on any atom is 0.317 e. The van der Waals surface area contributed by atoms with Crippen LogP contribution in [0.2, 0.25) is 0 Å². The van der Waals surface area contributed by atoms with Crippen LogP contribution < -0.4 is 5.32 Å². The number of amides is 2. The fourth-order valence-corrected chi connectivity index (χ4v) is 1.82. The molecule has 116 valence electrons. The molecule has 1 aromatic rings. The molecule has 0 atom stereocenters. The van der Waals surface area contributed by atoms with Crippen molar-refractivity contribution in [2.24, 2.45) is 0 Å². The van der Waals surface area contributed by atoms with Gasteiger partial charge in [0.1, 0.15) is 0 Å². The van der Waals surface area contributed by atoms with Gasteiger partial charge < -0.3 is 15.3 Å². The lowest BCUT2D eigenvalue weighted by Crippen LogP contribution is -2.46. The lowest BCUT2D eigenvalue weighted by atomic mass is 10.1. The van der Waals surface area contributed by atoms with Crippen LogP contribution in [0.4, 0.5) is 10.5 Å². The first kappa shape index (κ1) is 16.9. The third-order valence-electron chi connectivity index (χ3n) is 2.84. The van der Waals surface area contributed by atoms with Crippen molar-refractivity contribution in [3.8, 4) is 0 Å². The zero-order chi connectivity index (χ0) is 16.0. The molecule has 0 aromatic heterocycles. The number of hydrogen-bond acceptors (Lipinski definition) is 4. The standard InChI is InChI=1S/C14H21N3O4/c1-4-16(10-14(2,3)19)13(18)15-9-11-5-7-12(8-6-11)17(20)21/h5-8,19H,4,9-10H2,1-3H3,(H,15,18). The number of aliphatic hydroxyl groups is 1. The van der Waals surface area contributed by atoms with E-state index < -0.39 is 10.5 Å². The van der Waals surface area contributed by atoms with Gasteiger partial charge in [-0.05, 0) is 26.3 Å². The predicted octanol–water partition coefficient (Wildman–Crippen LogP) is 1.90. The van der Waals surface area contributed by atoms with E-state index in [0.29, 0.717) is 6.54 Å². The Bertz CT molecular complexity index is 494. The molecule has 0 radical (unpaired) electrons. The molecule has 0 aliphatic rings. The average Bonchev–Trinajstić information content (AvgIpc) is 2.41. The van der Waals surface area contributed by atoms with Crippen LogP contribution in [-0.4, -0.2) is 39.7 Å². The third-order valence-corrected chi connectivity index (χ3v) is 2.84. The molecule has 0 saturated carbocycles. The fourth-order valence-electron chi connectivity index (χ4n) is 1.82. The largest absolute Gasteiger partial charge is 0.389 e. The van der Waals surface area contributed by atoms with Crippen molar-refractivity contribution in [3.05, 3.63) is 39.9 Å². The van der Waals surface area contributed by atoms with E-state index >= 15 is 0 Å². The summed E-state index contributed by atoms with van der Waals surface area (Å²) in [4.78, 5) is 23.6. The number of nitro groups is 1. The highest BCUT2D eigenvalue weighted by molar-refractivity contribution is 5.74. The number of urea groups is 1. The second-order valence-electron chi connectivity index (χ2n) is 5.41. The highest BCUT2D eigenvalue weighted by atomic mass is 16.6. The molecule has 0 fully saturated rings. The molecule has 2 N–H and O–H groups in total. The van der Waals surface area contributed by atoms with E-state index in [1.165, 1.54) is 17.0 Å². The maximum atomic E-state index is 12.0. The molecular formula is C14H21N3O4. The van der Waals surface area contributed by atoms with Crippen molar-refractivity contribution in [3.63, 3.8) is 0 Å². The Morgan fingerprint density at radius 2 is 1.95 bits per heavy atom. The van der Waals surface area contributed by atoms with E-state index in [9.17, 15) is 20.0 Å². The summed E-state index contributed by atoms with van der Waals surface area (Å²) >= 11 is 0. The van der Waals surface area contributed by atoms with Gasteiger partial charge in [-0.25, -0.2) is 4.79 Å². The van der Waals surface area contributed by atoms with Gasteiger partial charge in [-0.3, -0.25) is 10.1 Å². The van der Waals surface area contributed by atoms with Gasteiger partial charge in [-0.1, -0.05) is 12.1 Å². The van der Waals surface area contributed by atoms with Crippen LogP contribution in [0, 0.1) is 10.1 Å². The smallest absolute Gasteiger partial charge is 0.317 e. The molecular weight excluding hydrogens is 274 g/mol. The Morgan fingerprint density at radius 1 is 1.38 bits per heavy atom. The van der Waals surface area contributed by atoms with Gasteiger partial charge in [-0.2, -0.15) is 0 Å². The molecule has 21 heavy (non-hydrogen) atoms. The van der Waals surface area contributed by atoms with Crippen molar-refractivity contribution in [2.75, 3.05) is 13.1 Å². The quantitative estimate of drug-likeness (QED) is 0.619. The predicted molar refractivity (Wildman–Crippen MR) is 78.9 cm³/mol. The normalized spacial score (nSPS) is 11.0. The minimum absolute atomic E-state index is 0.0160. The maximum absolute atomic E-state index is 12.0. The number of non-ortho nitro benzene ring substituents is 1. The van der Waals surface area contributed by atoms with E-state index in [-0.39, 0.29) is 24.8 Å². The number of nitrogens with zero attached hydrogens (tertiary/aromatic N) is 2. The minimum atomic E-state index is -0.958. The van der Waals surface area contributed by atoms with Gasteiger partial charge in [0.05, 0.1) is 17.1 Å². The van der Waals surface area contributed by atoms with E-state index in [1.807, 2.05) is 6.92 Å². The number of benzene rings is 1.